The van der Waals surface area contributed by atoms with Crippen LogP contribution in [-0.4, -0.2) is 54.5 Å². The Balaban J connectivity index is 1.80. The van der Waals surface area contributed by atoms with Crippen molar-refractivity contribution in [3.63, 3.8) is 0 Å². The lowest BCUT2D eigenvalue weighted by Gasteiger charge is -2.20. The minimum atomic E-state index is -5.57. The number of anilines is 2. The molecule has 34 heavy (non-hydrogen) atoms. The molecule has 1 aliphatic heterocycles. The second-order valence-electron chi connectivity index (χ2n) is 7.10. The molecule has 0 radical (unpaired) electrons. The smallest absolute Gasteiger partial charge is 0.450 e. The van der Waals surface area contributed by atoms with Crippen molar-refractivity contribution >= 4 is 39.4 Å². The molecule has 0 aliphatic carbocycles. The summed E-state index contributed by atoms with van der Waals surface area (Å²) in [7, 11) is -5.57. The number of carbonyl (C=O) groups is 3. The van der Waals surface area contributed by atoms with Gasteiger partial charge in [0, 0.05) is 12.7 Å². The highest BCUT2D eigenvalue weighted by atomic mass is 32.2. The summed E-state index contributed by atoms with van der Waals surface area (Å²) in [6, 6.07) is 4.67. The first-order chi connectivity index (χ1) is 15.9. The summed E-state index contributed by atoms with van der Waals surface area (Å²) in [5, 5.41) is 2.42. The van der Waals surface area contributed by atoms with Crippen molar-refractivity contribution in [2.45, 2.75) is 36.8 Å². The molecule has 1 aromatic carbocycles. The average molecular weight is 500 g/mol. The average Bonchev–Trinajstić information content (AvgIpc) is 2.96. The predicted molar refractivity (Wildman–Crippen MR) is 112 cm³/mol. The van der Waals surface area contributed by atoms with Crippen molar-refractivity contribution in [1.29, 1.82) is 0 Å². The van der Waals surface area contributed by atoms with Crippen LogP contribution in [0.15, 0.2) is 47.5 Å². The lowest BCUT2D eigenvalue weighted by Crippen LogP contribution is -2.33. The summed E-state index contributed by atoms with van der Waals surface area (Å²) in [5.41, 5.74) is -5.03. The van der Waals surface area contributed by atoms with Gasteiger partial charge in [0.05, 0.1) is 17.2 Å². The number of amides is 4. The van der Waals surface area contributed by atoms with Crippen LogP contribution in [-0.2, 0) is 25.9 Å². The third kappa shape index (κ3) is 4.81. The predicted octanol–water partition coefficient (Wildman–Crippen LogP) is 3.30. The molecule has 1 aromatic heterocycles. The van der Waals surface area contributed by atoms with Gasteiger partial charge in [-0.15, -0.1) is 0 Å². The van der Waals surface area contributed by atoms with Gasteiger partial charge < -0.3 is 9.64 Å². The van der Waals surface area contributed by atoms with E-state index in [9.17, 15) is 36.0 Å². The van der Waals surface area contributed by atoms with E-state index in [1.54, 1.807) is 13.0 Å². The highest BCUT2D eigenvalue weighted by molar-refractivity contribution is 7.92. The molecule has 1 unspecified atom stereocenters. The second kappa shape index (κ2) is 9.29. The van der Waals surface area contributed by atoms with Crippen LogP contribution in [0.25, 0.3) is 0 Å². The molecule has 4 amide bonds. The largest absolute Gasteiger partial charge is 0.501 e. The Morgan fingerprint density at radius 2 is 1.82 bits per heavy atom. The molecule has 1 atom stereocenters. The normalized spacial score (nSPS) is 16.7. The third-order valence-corrected chi connectivity index (χ3v) is 6.38. The van der Waals surface area contributed by atoms with Crippen LogP contribution in [0.1, 0.15) is 19.4 Å². The van der Waals surface area contributed by atoms with Crippen LogP contribution in [0.4, 0.5) is 34.3 Å². The quantitative estimate of drug-likeness (QED) is 0.603. The van der Waals surface area contributed by atoms with E-state index in [0.717, 1.165) is 17.0 Å². The van der Waals surface area contributed by atoms with Gasteiger partial charge in [0.15, 0.2) is 0 Å². The Kier molecular flexibility index (Phi) is 6.82. The van der Waals surface area contributed by atoms with Gasteiger partial charge in [0.25, 0.3) is 15.7 Å². The van der Waals surface area contributed by atoms with Crippen molar-refractivity contribution in [3.05, 3.63) is 48.2 Å². The molecule has 2 heterocycles. The van der Waals surface area contributed by atoms with Crippen molar-refractivity contribution < 1.29 is 40.7 Å². The zero-order chi connectivity index (χ0) is 25.3. The molecule has 1 aliphatic rings. The van der Waals surface area contributed by atoms with Gasteiger partial charge in [-0.3, -0.25) is 10.1 Å². The monoisotopic (exact) mass is 500 g/mol. The van der Waals surface area contributed by atoms with E-state index in [-0.39, 0.29) is 24.7 Å². The van der Waals surface area contributed by atoms with Gasteiger partial charge in [-0.25, -0.2) is 27.9 Å². The number of benzene rings is 1. The molecule has 0 bridgehead atoms. The van der Waals surface area contributed by atoms with E-state index in [1.165, 1.54) is 24.1 Å². The first-order valence-electron chi connectivity index (χ1n) is 9.81. The number of aromatic nitrogens is 1. The maximum absolute atomic E-state index is 12.9. The van der Waals surface area contributed by atoms with Crippen molar-refractivity contribution in [3.8, 4) is 0 Å². The lowest BCUT2D eigenvalue weighted by atomic mass is 10.2. The number of nitrogens with one attached hydrogen (secondary N) is 1. The molecule has 0 spiro atoms. The number of nitrogens with zero attached hydrogens (tertiary/aromatic N) is 3. The van der Waals surface area contributed by atoms with Gasteiger partial charge in [0.1, 0.15) is 11.9 Å². The third-order valence-electron chi connectivity index (χ3n) is 4.88. The van der Waals surface area contributed by atoms with E-state index < -0.39 is 44.3 Å². The van der Waals surface area contributed by atoms with Crippen LogP contribution in [0.2, 0.25) is 0 Å². The van der Waals surface area contributed by atoms with Crippen LogP contribution < -0.4 is 10.2 Å². The van der Waals surface area contributed by atoms with Crippen LogP contribution >= 0.6 is 0 Å². The number of urea groups is 1. The Morgan fingerprint density at radius 1 is 1.18 bits per heavy atom. The minimum absolute atomic E-state index is 0.0389. The Morgan fingerprint density at radius 3 is 2.41 bits per heavy atom. The molecule has 1 saturated heterocycles. The first-order valence-corrected chi connectivity index (χ1v) is 11.3. The number of rotatable bonds is 6. The molecule has 0 saturated carbocycles. The molecule has 1 N–H and O–H groups in total. The standard InChI is InChI=1S/C20H19F3N4O6S/c1-3-33-18(29)25-16-10-13(8-9-24-16)11-26-12(2)17(28)27(19(26)30)14-4-6-15(7-5-14)34(31,32)20(21,22)23/h4-10,12H,3,11H2,1-2H3,(H,24,25,29). The van der Waals surface area contributed by atoms with E-state index in [4.69, 9.17) is 4.74 Å². The zero-order valence-corrected chi connectivity index (χ0v) is 18.7. The highest BCUT2D eigenvalue weighted by Crippen LogP contribution is 2.32. The van der Waals surface area contributed by atoms with Gasteiger partial charge in [0.2, 0.25) is 0 Å². The summed E-state index contributed by atoms with van der Waals surface area (Å²) in [6.45, 7) is 3.23. The second-order valence-corrected chi connectivity index (χ2v) is 9.04. The molecule has 2 aromatic rings. The van der Waals surface area contributed by atoms with Crippen molar-refractivity contribution in [2.75, 3.05) is 16.8 Å². The number of imide groups is 1. The Bertz CT molecular complexity index is 1220. The number of alkyl halides is 3. The van der Waals surface area contributed by atoms with Gasteiger partial charge in [-0.2, -0.15) is 13.2 Å². The molecule has 3 rings (SSSR count). The fourth-order valence-electron chi connectivity index (χ4n) is 3.17. The minimum Gasteiger partial charge on any atom is -0.450 e. The van der Waals surface area contributed by atoms with Crippen LogP contribution in [0, 0.1) is 0 Å². The maximum atomic E-state index is 12.9. The summed E-state index contributed by atoms with van der Waals surface area (Å²) >= 11 is 0. The number of hydrogen-bond acceptors (Lipinski definition) is 7. The van der Waals surface area contributed by atoms with E-state index in [2.05, 4.69) is 10.3 Å². The maximum Gasteiger partial charge on any atom is 0.501 e. The van der Waals surface area contributed by atoms with Crippen molar-refractivity contribution in [1.82, 2.24) is 9.88 Å². The number of carbonyl (C=O) groups excluding carboxylic acids is 3. The van der Waals surface area contributed by atoms with Crippen LogP contribution in [0.5, 0.6) is 0 Å². The molecule has 10 nitrogen and oxygen atoms in total. The van der Waals surface area contributed by atoms with Crippen molar-refractivity contribution in [2.24, 2.45) is 0 Å². The van der Waals surface area contributed by atoms with E-state index >= 15 is 0 Å². The van der Waals surface area contributed by atoms with E-state index in [0.29, 0.717) is 17.7 Å². The summed E-state index contributed by atoms with van der Waals surface area (Å²) in [6.07, 6.45) is 0.678. The van der Waals surface area contributed by atoms with Gasteiger partial charge in [-0.1, -0.05) is 0 Å². The Labute approximate surface area is 192 Å². The molecular formula is C20H19F3N4O6S. The van der Waals surface area contributed by atoms with Crippen LogP contribution in [0.3, 0.4) is 0 Å². The summed E-state index contributed by atoms with van der Waals surface area (Å²) in [4.78, 5) is 42.2. The number of sulfone groups is 1. The van der Waals surface area contributed by atoms with Gasteiger partial charge >= 0.3 is 17.6 Å². The zero-order valence-electron chi connectivity index (χ0n) is 17.9. The fraction of sp³-hybridized carbons (Fsp3) is 0.300. The van der Waals surface area contributed by atoms with Gasteiger partial charge in [-0.05, 0) is 55.8 Å². The lowest BCUT2D eigenvalue weighted by molar-refractivity contribution is -0.119. The topological polar surface area (TPSA) is 126 Å². The molecule has 14 heteroatoms. The molecule has 182 valence electrons. The molecular weight excluding hydrogens is 481 g/mol. The number of pyridine rings is 1. The number of halogens is 3. The molecule has 1 fully saturated rings. The summed E-state index contributed by atoms with van der Waals surface area (Å²) in [5.74, 6) is -0.477. The number of ether oxygens (including phenoxy) is 1. The summed E-state index contributed by atoms with van der Waals surface area (Å²) < 4.78 is 66.1. The SMILES string of the molecule is CCOC(=O)Nc1cc(CN2C(=O)N(c3ccc(S(=O)(=O)C(F)(F)F)cc3)C(=O)C2C)ccn1. The number of hydrogen-bond donors (Lipinski definition) is 1. The Hall–Kier alpha value is -3.68. The fourth-order valence-corrected chi connectivity index (χ4v) is 3.93. The highest BCUT2D eigenvalue weighted by Gasteiger charge is 2.47. The first kappa shape index (κ1) is 25.0. The van der Waals surface area contributed by atoms with E-state index in [1.807, 2.05) is 0 Å².